The molecule has 5 rings (SSSR count). The zero-order chi connectivity index (χ0) is 25.7. The number of carbonyl (C=O) groups is 2. The van der Waals surface area contributed by atoms with Crippen LogP contribution in [0.3, 0.4) is 0 Å². The van der Waals surface area contributed by atoms with Gasteiger partial charge in [0.25, 0.3) is 0 Å². The first kappa shape index (κ1) is 25.0. The van der Waals surface area contributed by atoms with Gasteiger partial charge in [-0.05, 0) is 98.6 Å². The zero-order valence-electron chi connectivity index (χ0n) is 20.7. The standard InChI is InChI=1S/C28H33NO6S/c1-17-3-9-21-19(15-17)6-10-23-22(21)13-14-28(2)24(23)11-12-25(28)35-26(30)16-34-27(31)18-4-7-20(8-5-18)36(29,32)33/h3-5,7-9,15,22-25H,6,10-14,16H2,1-2H3,(H2,29,32,33)/t22?,23?,24?,25-,28-/m0/s1. The first-order chi connectivity index (χ1) is 17.1. The quantitative estimate of drug-likeness (QED) is 0.600. The average Bonchev–Trinajstić information content (AvgIpc) is 3.17. The fourth-order valence-electron chi connectivity index (χ4n) is 7.04. The molecule has 8 heteroatoms. The van der Waals surface area contributed by atoms with E-state index in [1.54, 1.807) is 0 Å². The summed E-state index contributed by atoms with van der Waals surface area (Å²) in [5.74, 6) is 0.440. The molecule has 2 N–H and O–H groups in total. The molecule has 0 spiro atoms. The van der Waals surface area contributed by atoms with Gasteiger partial charge in [0.2, 0.25) is 10.0 Å². The Kier molecular flexibility index (Phi) is 6.45. The lowest BCUT2D eigenvalue weighted by Crippen LogP contribution is -2.45. The molecule has 5 atom stereocenters. The van der Waals surface area contributed by atoms with E-state index in [4.69, 9.17) is 14.6 Å². The maximum Gasteiger partial charge on any atom is 0.344 e. The van der Waals surface area contributed by atoms with E-state index in [0.29, 0.717) is 17.8 Å². The summed E-state index contributed by atoms with van der Waals surface area (Å²) >= 11 is 0. The zero-order valence-corrected chi connectivity index (χ0v) is 21.6. The maximum absolute atomic E-state index is 12.6. The Balaban J connectivity index is 1.19. The van der Waals surface area contributed by atoms with E-state index >= 15 is 0 Å². The third-order valence-electron chi connectivity index (χ3n) is 8.81. The van der Waals surface area contributed by atoms with Crippen LogP contribution >= 0.6 is 0 Å². The topological polar surface area (TPSA) is 113 Å². The van der Waals surface area contributed by atoms with Gasteiger partial charge in [-0.3, -0.25) is 0 Å². The van der Waals surface area contributed by atoms with Crippen molar-refractivity contribution in [1.29, 1.82) is 0 Å². The average molecular weight is 512 g/mol. The van der Waals surface area contributed by atoms with E-state index in [-0.39, 0.29) is 22.0 Å². The number of benzene rings is 2. The first-order valence-corrected chi connectivity index (χ1v) is 14.2. The summed E-state index contributed by atoms with van der Waals surface area (Å²) in [6, 6.07) is 12.0. The highest BCUT2D eigenvalue weighted by molar-refractivity contribution is 7.89. The van der Waals surface area contributed by atoms with Crippen LogP contribution in [0, 0.1) is 24.2 Å². The molecule has 0 radical (unpaired) electrons. The molecule has 3 unspecified atom stereocenters. The molecule has 0 amide bonds. The third kappa shape index (κ3) is 4.57. The van der Waals surface area contributed by atoms with E-state index in [0.717, 1.165) is 32.1 Å². The van der Waals surface area contributed by atoms with Crippen molar-refractivity contribution >= 4 is 22.0 Å². The molecule has 36 heavy (non-hydrogen) atoms. The second kappa shape index (κ2) is 9.30. The van der Waals surface area contributed by atoms with Crippen LogP contribution < -0.4 is 5.14 Å². The molecule has 2 saturated carbocycles. The number of rotatable bonds is 5. The van der Waals surface area contributed by atoms with Gasteiger partial charge in [0.05, 0.1) is 10.5 Å². The number of esters is 2. The van der Waals surface area contributed by atoms with E-state index in [2.05, 4.69) is 32.0 Å². The summed E-state index contributed by atoms with van der Waals surface area (Å²) in [6.07, 6.45) is 6.12. The minimum Gasteiger partial charge on any atom is -0.459 e. The lowest BCUT2D eigenvalue weighted by molar-refractivity contribution is -0.161. The Morgan fingerprint density at radius 2 is 1.81 bits per heavy atom. The minimum atomic E-state index is -3.85. The number of sulfonamides is 1. The van der Waals surface area contributed by atoms with Crippen LogP contribution in [0.1, 0.15) is 72.0 Å². The number of nitrogens with two attached hydrogens (primary N) is 1. The molecule has 192 valence electrons. The van der Waals surface area contributed by atoms with Gasteiger partial charge >= 0.3 is 11.9 Å². The molecule has 2 aromatic carbocycles. The SMILES string of the molecule is Cc1ccc2c(c1)CCC1C2CC[C@@]2(C)C1CC[C@@H]2OC(=O)COC(=O)c1ccc(S(N)(=O)=O)cc1. The van der Waals surface area contributed by atoms with Crippen LogP contribution in [0.4, 0.5) is 0 Å². The van der Waals surface area contributed by atoms with Crippen LogP contribution in [0.15, 0.2) is 47.4 Å². The molecule has 0 bridgehead atoms. The number of primary sulfonamides is 1. The van der Waals surface area contributed by atoms with Gasteiger partial charge in [0, 0.05) is 5.41 Å². The summed E-state index contributed by atoms with van der Waals surface area (Å²) < 4.78 is 33.8. The number of ether oxygens (including phenoxy) is 2. The number of fused-ring (bicyclic) bond motifs is 5. The van der Waals surface area contributed by atoms with Crippen LogP contribution in [-0.2, 0) is 30.7 Å². The van der Waals surface area contributed by atoms with Crippen molar-refractivity contribution in [2.45, 2.75) is 69.3 Å². The highest BCUT2D eigenvalue weighted by Gasteiger charge is 2.56. The number of aryl methyl sites for hydroxylation is 2. The number of carbonyl (C=O) groups excluding carboxylic acids is 2. The van der Waals surface area contributed by atoms with Gasteiger partial charge in [-0.2, -0.15) is 0 Å². The van der Waals surface area contributed by atoms with Crippen molar-refractivity contribution in [3.63, 3.8) is 0 Å². The van der Waals surface area contributed by atoms with Gasteiger partial charge in [-0.1, -0.05) is 30.7 Å². The third-order valence-corrected chi connectivity index (χ3v) is 9.74. The van der Waals surface area contributed by atoms with Crippen molar-refractivity contribution in [2.24, 2.45) is 22.4 Å². The highest BCUT2D eigenvalue weighted by Crippen LogP contribution is 2.61. The number of hydrogen-bond donors (Lipinski definition) is 1. The van der Waals surface area contributed by atoms with Crippen molar-refractivity contribution in [2.75, 3.05) is 6.61 Å². The Morgan fingerprint density at radius 1 is 1.06 bits per heavy atom. The van der Waals surface area contributed by atoms with Gasteiger partial charge in [0.15, 0.2) is 6.61 Å². The van der Waals surface area contributed by atoms with Crippen LogP contribution in [-0.4, -0.2) is 33.1 Å². The Labute approximate surface area is 212 Å². The molecule has 0 aliphatic heterocycles. The Morgan fingerprint density at radius 3 is 2.53 bits per heavy atom. The maximum atomic E-state index is 12.6. The van der Waals surface area contributed by atoms with Gasteiger partial charge in [-0.15, -0.1) is 0 Å². The molecule has 0 heterocycles. The van der Waals surface area contributed by atoms with Crippen molar-refractivity contribution in [3.8, 4) is 0 Å². The summed E-state index contributed by atoms with van der Waals surface area (Å²) in [7, 11) is -3.85. The van der Waals surface area contributed by atoms with Crippen molar-refractivity contribution in [3.05, 3.63) is 64.7 Å². The smallest absolute Gasteiger partial charge is 0.344 e. The molecule has 0 saturated heterocycles. The van der Waals surface area contributed by atoms with E-state index in [1.165, 1.54) is 47.4 Å². The molecule has 2 fully saturated rings. The fraction of sp³-hybridized carbons (Fsp3) is 0.500. The van der Waals surface area contributed by atoms with Gasteiger partial charge in [-0.25, -0.2) is 23.1 Å². The minimum absolute atomic E-state index is 0.0629. The Hall–Kier alpha value is -2.71. The largest absolute Gasteiger partial charge is 0.459 e. The molecule has 2 aromatic rings. The summed E-state index contributed by atoms with van der Waals surface area (Å²) in [4.78, 5) is 24.8. The second-order valence-electron chi connectivity index (χ2n) is 10.9. The van der Waals surface area contributed by atoms with Gasteiger partial charge in [0.1, 0.15) is 6.10 Å². The van der Waals surface area contributed by atoms with Gasteiger partial charge < -0.3 is 9.47 Å². The van der Waals surface area contributed by atoms with Crippen molar-refractivity contribution < 1.29 is 27.5 Å². The van der Waals surface area contributed by atoms with E-state index in [9.17, 15) is 18.0 Å². The molecular formula is C28H33NO6S. The highest BCUT2D eigenvalue weighted by atomic mass is 32.2. The predicted molar refractivity (Wildman–Crippen MR) is 134 cm³/mol. The van der Waals surface area contributed by atoms with E-state index < -0.39 is 28.6 Å². The molecular weight excluding hydrogens is 478 g/mol. The molecule has 3 aliphatic carbocycles. The predicted octanol–water partition coefficient (Wildman–Crippen LogP) is 4.27. The summed E-state index contributed by atoms with van der Waals surface area (Å²) in [6.45, 7) is 3.94. The van der Waals surface area contributed by atoms with E-state index in [1.807, 2.05) is 0 Å². The number of hydrogen-bond acceptors (Lipinski definition) is 6. The lowest BCUT2D eigenvalue weighted by atomic mass is 9.55. The summed E-state index contributed by atoms with van der Waals surface area (Å²) in [5, 5.41) is 5.07. The second-order valence-corrected chi connectivity index (χ2v) is 12.4. The van der Waals surface area contributed by atoms with Crippen LogP contribution in [0.2, 0.25) is 0 Å². The first-order valence-electron chi connectivity index (χ1n) is 12.6. The van der Waals surface area contributed by atoms with Crippen LogP contribution in [0.5, 0.6) is 0 Å². The molecule has 3 aliphatic rings. The normalized spacial score (nSPS) is 29.0. The Bertz CT molecular complexity index is 1290. The fourth-order valence-corrected chi connectivity index (χ4v) is 7.55. The van der Waals surface area contributed by atoms with Crippen LogP contribution in [0.25, 0.3) is 0 Å². The summed E-state index contributed by atoms with van der Waals surface area (Å²) in [5.41, 5.74) is 4.41. The molecule has 0 aromatic heterocycles. The monoisotopic (exact) mass is 511 g/mol. The molecule has 7 nitrogen and oxygen atoms in total. The van der Waals surface area contributed by atoms with Crippen molar-refractivity contribution in [1.82, 2.24) is 0 Å². The lowest BCUT2D eigenvalue weighted by Gasteiger charge is -2.50.